The molecule has 0 saturated carbocycles. The van der Waals surface area contributed by atoms with Crippen LogP contribution in [0, 0.1) is 6.92 Å². The first-order chi connectivity index (χ1) is 6.84. The van der Waals surface area contributed by atoms with Crippen molar-refractivity contribution in [3.05, 3.63) is 41.9 Å². The third kappa shape index (κ3) is 2.23. The maximum absolute atomic E-state index is 5.41. The van der Waals surface area contributed by atoms with Gasteiger partial charge in [0.1, 0.15) is 11.5 Å². The molecule has 0 bridgehead atoms. The molecule has 0 amide bonds. The zero-order valence-corrected chi connectivity index (χ0v) is 8.08. The predicted octanol–water partition coefficient (Wildman–Crippen LogP) is 1.60. The molecule has 0 unspecified atom stereocenters. The van der Waals surface area contributed by atoms with E-state index < -0.39 is 0 Å². The largest absolute Gasteiger partial charge is 0.465 e. The molecule has 4 heteroatoms. The molecule has 2 aromatic rings. The van der Waals surface area contributed by atoms with E-state index in [-0.39, 0.29) is 0 Å². The predicted molar refractivity (Wildman–Crippen MR) is 52.6 cm³/mol. The lowest BCUT2D eigenvalue weighted by Crippen LogP contribution is -2.12. The van der Waals surface area contributed by atoms with Crippen LogP contribution in [0.4, 0.5) is 0 Å². The van der Waals surface area contributed by atoms with Crippen molar-refractivity contribution in [1.82, 2.24) is 15.3 Å². The third-order valence-electron chi connectivity index (χ3n) is 1.97. The van der Waals surface area contributed by atoms with Crippen LogP contribution in [-0.2, 0) is 13.1 Å². The van der Waals surface area contributed by atoms with Crippen molar-refractivity contribution >= 4 is 0 Å². The van der Waals surface area contributed by atoms with E-state index in [9.17, 15) is 0 Å². The maximum Gasteiger partial charge on any atom is 0.117 e. The van der Waals surface area contributed by atoms with Gasteiger partial charge in [0.2, 0.25) is 0 Å². The fourth-order valence-corrected chi connectivity index (χ4v) is 1.28. The summed E-state index contributed by atoms with van der Waals surface area (Å²) in [6.45, 7) is 3.46. The number of H-pyrrole nitrogens is 1. The van der Waals surface area contributed by atoms with Gasteiger partial charge in [-0.15, -0.1) is 0 Å². The van der Waals surface area contributed by atoms with Crippen LogP contribution in [0.3, 0.4) is 0 Å². The molecule has 2 aromatic heterocycles. The Bertz CT molecular complexity index is 378. The van der Waals surface area contributed by atoms with Gasteiger partial charge in [-0.3, -0.25) is 0 Å². The van der Waals surface area contributed by atoms with Crippen molar-refractivity contribution in [1.29, 1.82) is 0 Å². The van der Waals surface area contributed by atoms with Gasteiger partial charge in [0.05, 0.1) is 12.9 Å². The Kier molecular flexibility index (Phi) is 2.65. The van der Waals surface area contributed by atoms with Crippen LogP contribution < -0.4 is 5.32 Å². The van der Waals surface area contributed by atoms with Crippen molar-refractivity contribution in [3.8, 4) is 0 Å². The quantitative estimate of drug-likeness (QED) is 0.771. The van der Waals surface area contributed by atoms with E-state index in [1.54, 1.807) is 12.5 Å². The molecule has 2 heterocycles. The Morgan fingerprint density at radius 1 is 1.43 bits per heavy atom. The van der Waals surface area contributed by atoms with Crippen LogP contribution >= 0.6 is 0 Å². The molecule has 0 aliphatic rings. The summed E-state index contributed by atoms with van der Waals surface area (Å²) in [5, 5.41) is 3.25. The van der Waals surface area contributed by atoms with Crippen molar-refractivity contribution in [2.75, 3.05) is 0 Å². The highest BCUT2D eigenvalue weighted by Crippen LogP contribution is 2.05. The number of nitrogens with zero attached hydrogens (tertiary/aromatic N) is 1. The first-order valence-electron chi connectivity index (χ1n) is 4.58. The highest BCUT2D eigenvalue weighted by Gasteiger charge is 1.98. The fraction of sp³-hybridized carbons (Fsp3) is 0.300. The summed E-state index contributed by atoms with van der Waals surface area (Å²) in [4.78, 5) is 6.96. The third-order valence-corrected chi connectivity index (χ3v) is 1.97. The van der Waals surface area contributed by atoms with Gasteiger partial charge < -0.3 is 14.7 Å². The lowest BCUT2D eigenvalue weighted by Gasteiger charge is -1.99. The standard InChI is InChI=1S/C10H13N3O/c1-8-2-3-10(14-8)6-11-4-9-5-12-7-13-9/h2-3,5,7,11H,4,6H2,1H3,(H,12,13). The van der Waals surface area contributed by atoms with Gasteiger partial charge in [-0.25, -0.2) is 4.98 Å². The van der Waals surface area contributed by atoms with Gasteiger partial charge in [0.15, 0.2) is 0 Å². The summed E-state index contributed by atoms with van der Waals surface area (Å²) < 4.78 is 5.41. The number of nitrogens with one attached hydrogen (secondary N) is 2. The Morgan fingerprint density at radius 2 is 2.36 bits per heavy atom. The van der Waals surface area contributed by atoms with Gasteiger partial charge in [-0.2, -0.15) is 0 Å². The van der Waals surface area contributed by atoms with Crippen molar-refractivity contribution in [3.63, 3.8) is 0 Å². The number of aromatic amines is 1. The fourth-order valence-electron chi connectivity index (χ4n) is 1.28. The molecular formula is C10H13N3O. The Labute approximate surface area is 82.4 Å². The van der Waals surface area contributed by atoms with Crippen LogP contribution in [0.1, 0.15) is 17.2 Å². The summed E-state index contributed by atoms with van der Waals surface area (Å²) in [6, 6.07) is 3.95. The first-order valence-corrected chi connectivity index (χ1v) is 4.58. The average Bonchev–Trinajstić information content (AvgIpc) is 2.77. The van der Waals surface area contributed by atoms with E-state index in [1.807, 2.05) is 19.1 Å². The minimum absolute atomic E-state index is 0.743. The van der Waals surface area contributed by atoms with Crippen LogP contribution in [0.2, 0.25) is 0 Å². The molecule has 0 saturated heterocycles. The highest BCUT2D eigenvalue weighted by atomic mass is 16.3. The second-order valence-corrected chi connectivity index (χ2v) is 3.19. The smallest absolute Gasteiger partial charge is 0.117 e. The molecule has 74 valence electrons. The summed E-state index contributed by atoms with van der Waals surface area (Å²) >= 11 is 0. The van der Waals surface area contributed by atoms with Crippen LogP contribution in [-0.4, -0.2) is 9.97 Å². The number of aryl methyl sites for hydroxylation is 1. The topological polar surface area (TPSA) is 53.9 Å². The Morgan fingerprint density at radius 3 is 3.00 bits per heavy atom. The van der Waals surface area contributed by atoms with E-state index in [0.29, 0.717) is 0 Å². The van der Waals surface area contributed by atoms with Crippen LogP contribution in [0.25, 0.3) is 0 Å². The number of hydrogen-bond donors (Lipinski definition) is 2. The Hall–Kier alpha value is -1.55. The SMILES string of the molecule is Cc1ccc(CNCc2cnc[nH]2)o1. The van der Waals surface area contributed by atoms with E-state index in [1.165, 1.54) is 0 Å². The molecule has 0 aliphatic heterocycles. The molecular weight excluding hydrogens is 178 g/mol. The molecule has 0 fully saturated rings. The van der Waals surface area contributed by atoms with Crippen molar-refractivity contribution in [2.45, 2.75) is 20.0 Å². The van der Waals surface area contributed by atoms with Crippen molar-refractivity contribution in [2.24, 2.45) is 0 Å². The van der Waals surface area contributed by atoms with E-state index in [2.05, 4.69) is 15.3 Å². The van der Waals surface area contributed by atoms with E-state index >= 15 is 0 Å². The van der Waals surface area contributed by atoms with Gasteiger partial charge in [-0.05, 0) is 19.1 Å². The lowest BCUT2D eigenvalue weighted by molar-refractivity contribution is 0.461. The Balaban J connectivity index is 1.78. The number of imidazole rings is 1. The van der Waals surface area contributed by atoms with Crippen LogP contribution in [0.15, 0.2) is 29.1 Å². The zero-order chi connectivity index (χ0) is 9.80. The second-order valence-electron chi connectivity index (χ2n) is 3.19. The molecule has 0 radical (unpaired) electrons. The van der Waals surface area contributed by atoms with E-state index in [4.69, 9.17) is 4.42 Å². The van der Waals surface area contributed by atoms with Gasteiger partial charge >= 0.3 is 0 Å². The lowest BCUT2D eigenvalue weighted by atomic mass is 10.4. The molecule has 0 spiro atoms. The molecule has 4 nitrogen and oxygen atoms in total. The zero-order valence-electron chi connectivity index (χ0n) is 8.08. The minimum Gasteiger partial charge on any atom is -0.465 e. The van der Waals surface area contributed by atoms with E-state index in [0.717, 1.165) is 30.3 Å². The molecule has 14 heavy (non-hydrogen) atoms. The minimum atomic E-state index is 0.743. The average molecular weight is 191 g/mol. The van der Waals surface area contributed by atoms with Gasteiger partial charge in [-0.1, -0.05) is 0 Å². The number of rotatable bonds is 4. The first kappa shape index (κ1) is 9.02. The molecule has 0 aromatic carbocycles. The highest BCUT2D eigenvalue weighted by molar-refractivity contribution is 5.05. The van der Waals surface area contributed by atoms with Gasteiger partial charge in [0, 0.05) is 18.4 Å². The number of aromatic nitrogens is 2. The van der Waals surface area contributed by atoms with Crippen LogP contribution in [0.5, 0.6) is 0 Å². The molecule has 0 aliphatic carbocycles. The monoisotopic (exact) mass is 191 g/mol. The summed E-state index contributed by atoms with van der Waals surface area (Å²) in [5.41, 5.74) is 1.08. The normalized spacial score (nSPS) is 10.6. The summed E-state index contributed by atoms with van der Waals surface area (Å²) in [7, 11) is 0. The van der Waals surface area contributed by atoms with Gasteiger partial charge in [0.25, 0.3) is 0 Å². The maximum atomic E-state index is 5.41. The summed E-state index contributed by atoms with van der Waals surface area (Å²) in [5.74, 6) is 1.91. The second kappa shape index (κ2) is 4.11. The molecule has 2 rings (SSSR count). The molecule has 0 atom stereocenters. The molecule has 2 N–H and O–H groups in total. The van der Waals surface area contributed by atoms with Crippen molar-refractivity contribution < 1.29 is 4.42 Å². The number of hydrogen-bond acceptors (Lipinski definition) is 3. The number of furan rings is 1. The summed E-state index contributed by atoms with van der Waals surface area (Å²) in [6.07, 6.45) is 3.48.